The monoisotopic (exact) mass is 262 g/mol. The molecule has 0 bridgehead atoms. The summed E-state index contributed by atoms with van der Waals surface area (Å²) in [7, 11) is 4.62. The molecule has 3 heteroatoms. The molecule has 3 nitrogen and oxygen atoms in total. The molecule has 0 aromatic heterocycles. The van der Waals surface area contributed by atoms with Gasteiger partial charge in [-0.25, -0.2) is 0 Å². The second-order valence-corrected chi connectivity index (χ2v) is 7.37. The molecule has 1 amide bonds. The van der Waals surface area contributed by atoms with E-state index in [9.17, 15) is 4.79 Å². The van der Waals surface area contributed by atoms with Crippen molar-refractivity contribution in [2.24, 2.45) is 11.8 Å². The fourth-order valence-corrected chi connectivity index (χ4v) is 5.77. The molecule has 4 rings (SSSR count). The number of piperidine rings is 4. The minimum Gasteiger partial charge on any atom is -0.454 e. The van der Waals surface area contributed by atoms with Crippen molar-refractivity contribution >= 4 is 5.91 Å². The number of quaternary nitrogens is 1. The maximum atomic E-state index is 12.2. The van der Waals surface area contributed by atoms with Crippen molar-refractivity contribution in [2.45, 2.75) is 57.0 Å². The summed E-state index contributed by atoms with van der Waals surface area (Å²) in [4.78, 5) is 14.5. The number of hydrogen-bond donors (Lipinski definition) is 0. The minimum absolute atomic E-state index is 0.438. The molecule has 0 saturated carbocycles. The number of hydrogen-bond acceptors (Lipinski definition) is 1. The van der Waals surface area contributed by atoms with Gasteiger partial charge in [-0.15, -0.1) is 7.05 Å². The van der Waals surface area contributed by atoms with Crippen molar-refractivity contribution in [3.8, 4) is 0 Å². The lowest BCUT2D eigenvalue weighted by atomic mass is 9.67. The van der Waals surface area contributed by atoms with Gasteiger partial charge in [-0.05, 0) is 38.5 Å². The van der Waals surface area contributed by atoms with Crippen LogP contribution in [0.3, 0.4) is 0 Å². The highest BCUT2D eigenvalue weighted by Gasteiger charge is 2.54. The van der Waals surface area contributed by atoms with E-state index in [0.717, 1.165) is 41.7 Å². The fourth-order valence-electron chi connectivity index (χ4n) is 5.77. The first kappa shape index (κ1) is 12.2. The second-order valence-electron chi connectivity index (χ2n) is 7.37. The van der Waals surface area contributed by atoms with Crippen LogP contribution in [0, 0.1) is 18.9 Å². The average Bonchev–Trinajstić information content (AvgIpc) is 2.40. The van der Waals surface area contributed by atoms with Gasteiger partial charge < -0.3 is 9.38 Å². The van der Waals surface area contributed by atoms with Crippen molar-refractivity contribution in [1.82, 2.24) is 4.90 Å². The molecule has 5 atom stereocenters. The highest BCUT2D eigenvalue weighted by molar-refractivity contribution is 5.77. The number of carbonyl (C=O) groups is 1. The average molecular weight is 262 g/mol. The van der Waals surface area contributed by atoms with Crippen molar-refractivity contribution < 1.29 is 9.28 Å². The molecule has 4 fully saturated rings. The van der Waals surface area contributed by atoms with Crippen LogP contribution in [0.25, 0.3) is 0 Å². The maximum absolute atomic E-state index is 12.2. The normalized spacial score (nSPS) is 49.5. The van der Waals surface area contributed by atoms with Gasteiger partial charge in [0, 0.05) is 30.8 Å². The molecule has 0 aromatic rings. The summed E-state index contributed by atoms with van der Waals surface area (Å²) in [6.45, 7) is 3.59. The third-order valence-corrected chi connectivity index (χ3v) is 6.41. The van der Waals surface area contributed by atoms with Crippen LogP contribution < -0.4 is 0 Å². The number of fused-ring (bicyclic) bond motifs is 2. The van der Waals surface area contributed by atoms with E-state index in [4.69, 9.17) is 0 Å². The van der Waals surface area contributed by atoms with Crippen LogP contribution in [0.4, 0.5) is 0 Å². The van der Waals surface area contributed by atoms with E-state index in [2.05, 4.69) is 11.9 Å². The zero-order valence-electron chi connectivity index (χ0n) is 11.9. The Bertz CT molecular complexity index is 392. The Labute approximate surface area is 116 Å². The third kappa shape index (κ3) is 1.70. The molecule has 1 unspecified atom stereocenters. The number of amides is 1. The summed E-state index contributed by atoms with van der Waals surface area (Å²) >= 11 is 0. The molecular weight excluding hydrogens is 236 g/mol. The van der Waals surface area contributed by atoms with Crippen LogP contribution in [0.2, 0.25) is 0 Å². The molecule has 4 heterocycles. The van der Waals surface area contributed by atoms with E-state index in [1.165, 1.54) is 45.2 Å². The maximum Gasteiger partial charge on any atom is 0.222 e. The molecule has 4 saturated heterocycles. The van der Waals surface area contributed by atoms with Crippen LogP contribution in [-0.4, -0.2) is 47.0 Å². The van der Waals surface area contributed by atoms with Crippen LogP contribution in [-0.2, 0) is 4.79 Å². The van der Waals surface area contributed by atoms with Crippen LogP contribution in [0.15, 0.2) is 0 Å². The Kier molecular flexibility index (Phi) is 2.70. The summed E-state index contributed by atoms with van der Waals surface area (Å²) in [6.07, 6.45) is 8.45. The van der Waals surface area contributed by atoms with Gasteiger partial charge in [0.2, 0.25) is 5.91 Å². The Morgan fingerprint density at radius 3 is 2.74 bits per heavy atom. The Morgan fingerprint density at radius 1 is 1.11 bits per heavy atom. The minimum atomic E-state index is 0.438. The molecule has 0 radical (unpaired) electrons. The largest absolute Gasteiger partial charge is 0.454 e. The zero-order chi connectivity index (χ0) is 13.0. The Hall–Kier alpha value is -0.570. The van der Waals surface area contributed by atoms with Crippen molar-refractivity contribution in [3.63, 3.8) is 0 Å². The van der Waals surface area contributed by atoms with E-state index < -0.39 is 0 Å². The van der Waals surface area contributed by atoms with E-state index in [1.54, 1.807) is 0 Å². The lowest BCUT2D eigenvalue weighted by molar-refractivity contribution is -0.930. The molecule has 19 heavy (non-hydrogen) atoms. The third-order valence-electron chi connectivity index (χ3n) is 6.41. The topological polar surface area (TPSA) is 20.3 Å². The first-order chi connectivity index (χ1) is 9.19. The van der Waals surface area contributed by atoms with Gasteiger partial charge in [0.1, 0.15) is 0 Å². The molecule has 0 aliphatic carbocycles. The van der Waals surface area contributed by atoms with Crippen LogP contribution >= 0.6 is 0 Å². The van der Waals surface area contributed by atoms with Gasteiger partial charge in [-0.1, -0.05) is 0 Å². The SMILES string of the molecule is [CH2-][N+]12CCC[C@H]3CN4C(=O)CCC[C@@H]4[C@@H](CCC1)[C@H]32. The van der Waals surface area contributed by atoms with Gasteiger partial charge in [0.05, 0.1) is 19.1 Å². The van der Waals surface area contributed by atoms with Crippen LogP contribution in [0.5, 0.6) is 0 Å². The summed E-state index contributed by atoms with van der Waals surface area (Å²) in [5.41, 5.74) is 0. The number of carbonyl (C=O) groups excluding carboxylic acids is 1. The molecule has 0 aromatic carbocycles. The van der Waals surface area contributed by atoms with E-state index in [0.29, 0.717) is 11.9 Å². The van der Waals surface area contributed by atoms with Gasteiger partial charge in [-0.3, -0.25) is 4.79 Å². The van der Waals surface area contributed by atoms with Gasteiger partial charge in [-0.2, -0.15) is 0 Å². The second kappa shape index (κ2) is 4.21. The van der Waals surface area contributed by atoms with E-state index >= 15 is 0 Å². The molecule has 4 aliphatic rings. The quantitative estimate of drug-likeness (QED) is 0.484. The van der Waals surface area contributed by atoms with Crippen molar-refractivity contribution in [2.75, 3.05) is 19.6 Å². The summed E-state index contributed by atoms with van der Waals surface area (Å²) < 4.78 is 1.08. The van der Waals surface area contributed by atoms with Gasteiger partial charge in [0.15, 0.2) is 0 Å². The Morgan fingerprint density at radius 2 is 1.89 bits per heavy atom. The summed E-state index contributed by atoms with van der Waals surface area (Å²) in [5.74, 6) is 1.91. The van der Waals surface area contributed by atoms with Crippen molar-refractivity contribution in [3.05, 3.63) is 7.05 Å². The van der Waals surface area contributed by atoms with E-state index in [1.807, 2.05) is 0 Å². The van der Waals surface area contributed by atoms with E-state index in [-0.39, 0.29) is 0 Å². The van der Waals surface area contributed by atoms with Gasteiger partial charge in [0.25, 0.3) is 0 Å². The zero-order valence-corrected chi connectivity index (χ0v) is 11.9. The lowest BCUT2D eigenvalue weighted by Crippen LogP contribution is -2.71. The predicted octanol–water partition coefficient (Wildman–Crippen LogP) is 2.18. The highest BCUT2D eigenvalue weighted by Crippen LogP contribution is 2.47. The Balaban J connectivity index is 1.69. The number of nitrogens with zero attached hydrogens (tertiary/aromatic N) is 2. The summed E-state index contributed by atoms with van der Waals surface area (Å²) in [5, 5.41) is 0. The number of rotatable bonds is 0. The smallest absolute Gasteiger partial charge is 0.222 e. The van der Waals surface area contributed by atoms with Crippen molar-refractivity contribution in [1.29, 1.82) is 0 Å². The molecule has 106 valence electrons. The fraction of sp³-hybridized carbons (Fsp3) is 0.875. The van der Waals surface area contributed by atoms with Gasteiger partial charge >= 0.3 is 0 Å². The highest BCUT2D eigenvalue weighted by atomic mass is 16.2. The molecular formula is C16H26N2O. The first-order valence-corrected chi connectivity index (χ1v) is 8.20. The molecule has 0 spiro atoms. The standard InChI is InChI=1S/C16H26N2O/c1-18-9-3-5-12-11-17-14(7-2-8-15(17)19)13(16(12)18)6-4-10-18/h12-14,16H,1-11H2/t12-,13+,14+,16-,18?/m0/s1. The summed E-state index contributed by atoms with van der Waals surface area (Å²) in [6, 6.07) is 1.31. The predicted molar refractivity (Wildman–Crippen MR) is 73.9 cm³/mol. The first-order valence-electron chi connectivity index (χ1n) is 8.20. The lowest BCUT2D eigenvalue weighted by Gasteiger charge is -2.65. The molecule has 4 aliphatic heterocycles. The molecule has 0 N–H and O–H groups in total. The van der Waals surface area contributed by atoms with Crippen LogP contribution in [0.1, 0.15) is 44.9 Å².